The minimum atomic E-state index is -0.796. The second-order valence-corrected chi connectivity index (χ2v) is 5.35. The molecular weight excluding hydrogens is 274 g/mol. The van der Waals surface area contributed by atoms with Crippen molar-refractivity contribution >= 4 is 127 Å². The molecule has 0 heterocycles. The normalized spacial score (nSPS) is 8.33. The van der Waals surface area contributed by atoms with Crippen molar-refractivity contribution in [3.63, 3.8) is 0 Å². The van der Waals surface area contributed by atoms with E-state index in [4.69, 9.17) is 76.1 Å². The lowest BCUT2D eigenvalue weighted by Crippen LogP contribution is -2.76. The van der Waals surface area contributed by atoms with Crippen molar-refractivity contribution in [1.29, 1.82) is 0 Å². The summed E-state index contributed by atoms with van der Waals surface area (Å²) < 4.78 is 0. The summed E-state index contributed by atoms with van der Waals surface area (Å²) in [6.07, 6.45) is 0.153. The van der Waals surface area contributed by atoms with Gasteiger partial charge in [-0.05, 0) is 0 Å². The minimum absolute atomic E-state index is 0.0852. The third-order valence-electron chi connectivity index (χ3n) is 3.33. The van der Waals surface area contributed by atoms with Gasteiger partial charge in [-0.2, -0.15) is 0 Å². The molecule has 24 heavy (non-hydrogen) atoms. The summed E-state index contributed by atoms with van der Waals surface area (Å²) in [6.45, 7) is 1.76. The van der Waals surface area contributed by atoms with Crippen LogP contribution in [-0.2, 0) is 4.79 Å². The zero-order valence-electron chi connectivity index (χ0n) is 14.0. The standard InChI is InChI=1S/C5H7NO.B17/c1-3-4-6-5(2)7;1-10-15(11(2)3)17(14(8)9)16(12(4)5)13(6)7/h1H,4H2,2H3,(H,6,7);. The first-order valence-corrected chi connectivity index (χ1v) is 7.28. The summed E-state index contributed by atoms with van der Waals surface area (Å²) in [5.41, 5.74) is 0. The number of rotatable bonds is 8. The lowest BCUT2D eigenvalue weighted by atomic mass is 8.43. The van der Waals surface area contributed by atoms with Crippen molar-refractivity contribution in [2.24, 2.45) is 0 Å². The Morgan fingerprint density at radius 3 is 1.54 bits per heavy atom. The molecule has 0 aromatic rings. The quantitative estimate of drug-likeness (QED) is 0.348. The molecule has 1 amide bonds. The molecule has 0 aromatic heterocycles. The van der Waals surface area contributed by atoms with E-state index >= 15 is 0 Å². The van der Waals surface area contributed by atoms with Gasteiger partial charge in [0, 0.05) is 128 Å². The summed E-state index contributed by atoms with van der Waals surface area (Å²) in [7, 11) is 52.0. The van der Waals surface area contributed by atoms with Gasteiger partial charge in [-0.3, -0.25) is 4.79 Å². The second kappa shape index (κ2) is 14.3. The van der Waals surface area contributed by atoms with Crippen LogP contribution in [0.4, 0.5) is 0 Å². The van der Waals surface area contributed by atoms with Gasteiger partial charge in [-0.25, -0.2) is 0 Å². The first-order chi connectivity index (χ1) is 11.0. The molecule has 0 bridgehead atoms. The van der Waals surface area contributed by atoms with Gasteiger partial charge in [-0.1, -0.05) is 5.92 Å². The molecule has 0 aromatic carbocycles. The van der Waals surface area contributed by atoms with E-state index in [1.54, 1.807) is 0 Å². The summed E-state index contributed by atoms with van der Waals surface area (Å²) >= 11 is 0. The van der Waals surface area contributed by atoms with Crippen molar-refractivity contribution in [3.05, 3.63) is 0 Å². The molecule has 0 unspecified atom stereocenters. The van der Waals surface area contributed by atoms with Crippen LogP contribution in [0.3, 0.4) is 0 Å². The van der Waals surface area contributed by atoms with Crippen LogP contribution in [0.2, 0.25) is 0 Å². The van der Waals surface area contributed by atoms with Gasteiger partial charge in [-0.15, -0.1) is 6.42 Å². The van der Waals surface area contributed by atoms with Crippen molar-refractivity contribution in [3.8, 4) is 12.3 Å². The predicted octanol–water partition coefficient (Wildman–Crippen LogP) is -6.72. The molecule has 1 N–H and O–H groups in total. The predicted molar refractivity (Wildman–Crippen MR) is 125 cm³/mol. The lowest BCUT2D eigenvalue weighted by Gasteiger charge is -2.38. The molecule has 0 saturated heterocycles. The molecule has 2 nitrogen and oxygen atoms in total. The van der Waals surface area contributed by atoms with Crippen LogP contribution in [0.1, 0.15) is 6.92 Å². The highest BCUT2D eigenvalue weighted by molar-refractivity contribution is 8.15. The zero-order chi connectivity index (χ0) is 19.4. The SMILES string of the molecule is C#CCNC(C)=O.[B][B]B(B([B])[B])B(B([B])[B])B(B([B])[B])B([B])[B]. The van der Waals surface area contributed by atoms with Gasteiger partial charge in [0.15, 0.2) is 0 Å². The highest BCUT2D eigenvalue weighted by Crippen LogP contribution is 2.01. The van der Waals surface area contributed by atoms with Crippen LogP contribution in [0.25, 0.3) is 0 Å². The Morgan fingerprint density at radius 2 is 1.38 bits per heavy atom. The number of hydrogen-bond donors (Lipinski definition) is 1. The van der Waals surface area contributed by atoms with E-state index in [0.29, 0.717) is 6.54 Å². The van der Waals surface area contributed by atoms with Gasteiger partial charge in [0.05, 0.1) is 6.54 Å². The number of amides is 1. The Hall–Kier alpha value is 0.134. The molecule has 0 rings (SSSR count). The monoisotopic (exact) mass is 284 g/mol. The third kappa shape index (κ3) is 10.9. The Bertz CT molecular complexity index is 372. The Balaban J connectivity index is 0. The maximum atomic E-state index is 10.00. The third-order valence-corrected chi connectivity index (χ3v) is 3.33. The molecule has 19 radical (unpaired) electrons. The van der Waals surface area contributed by atoms with E-state index in [0.717, 1.165) is 0 Å². The van der Waals surface area contributed by atoms with Crippen LogP contribution >= 0.6 is 0 Å². The van der Waals surface area contributed by atoms with Gasteiger partial charge in [0.1, 0.15) is 0 Å². The first-order valence-electron chi connectivity index (χ1n) is 7.28. The molecule has 0 spiro atoms. The Kier molecular flexibility index (Phi) is 15.7. The topological polar surface area (TPSA) is 29.1 Å². The number of hydrogen-bond acceptors (Lipinski definition) is 1. The number of terminal acetylenes is 1. The minimum Gasteiger partial charge on any atom is -0.345 e. The number of nitrogens with one attached hydrogen (secondary N) is 1. The fourth-order valence-electron chi connectivity index (χ4n) is 2.23. The summed E-state index contributed by atoms with van der Waals surface area (Å²) in [5, 5.41) is 2.42. The van der Waals surface area contributed by atoms with E-state index in [1.807, 2.05) is 0 Å². The van der Waals surface area contributed by atoms with Crippen LogP contribution in [-0.4, -0.2) is 134 Å². The van der Waals surface area contributed by atoms with Gasteiger partial charge >= 0.3 is 0 Å². The molecule has 0 fully saturated rings. The maximum absolute atomic E-state index is 10.00. The largest absolute Gasteiger partial charge is 0.345 e. The van der Waals surface area contributed by atoms with Crippen molar-refractivity contribution in [2.45, 2.75) is 6.92 Å². The van der Waals surface area contributed by atoms with Crippen molar-refractivity contribution in [1.82, 2.24) is 5.32 Å². The molecule has 19 heteroatoms. The van der Waals surface area contributed by atoms with E-state index in [9.17, 15) is 4.79 Å². The molecule has 0 saturated carbocycles. The average molecular weight is 281 g/mol. The van der Waals surface area contributed by atoms with E-state index in [1.165, 1.54) is 14.0 Å². The molecule has 89 valence electrons. The Labute approximate surface area is 163 Å². The van der Waals surface area contributed by atoms with Gasteiger partial charge in [0.25, 0.3) is 0 Å². The van der Waals surface area contributed by atoms with E-state index < -0.39 is 44.7 Å². The summed E-state index contributed by atoms with van der Waals surface area (Å²) in [4.78, 5) is 10.00. The van der Waals surface area contributed by atoms with Crippen LogP contribution in [0.5, 0.6) is 0 Å². The zero-order valence-corrected chi connectivity index (χ0v) is 14.0. The maximum Gasteiger partial charge on any atom is 0.217 e. The molecule has 0 atom stereocenters. The van der Waals surface area contributed by atoms with Crippen molar-refractivity contribution in [2.75, 3.05) is 6.54 Å². The molecule has 0 aliphatic rings. The van der Waals surface area contributed by atoms with Crippen LogP contribution in [0, 0.1) is 12.3 Å². The Morgan fingerprint density at radius 1 is 0.958 bits per heavy atom. The summed E-state index contributed by atoms with van der Waals surface area (Å²) in [6, 6.07) is 0. The number of carbonyl (C=O) groups excluding carboxylic acids is 1. The highest BCUT2D eigenvalue weighted by atomic mass is 16.1. The lowest BCUT2D eigenvalue weighted by molar-refractivity contribution is -0.118. The van der Waals surface area contributed by atoms with Gasteiger partial charge < -0.3 is 5.32 Å². The van der Waals surface area contributed by atoms with Crippen molar-refractivity contribution < 1.29 is 4.79 Å². The average Bonchev–Trinajstić information content (AvgIpc) is 2.44. The van der Waals surface area contributed by atoms with E-state index in [-0.39, 0.29) is 5.91 Å². The highest BCUT2D eigenvalue weighted by Gasteiger charge is 2.39. The molecule has 0 aliphatic carbocycles. The molecule has 0 aliphatic heterocycles. The summed E-state index contributed by atoms with van der Waals surface area (Å²) in [5.74, 6) is 2.18. The fourth-order valence-corrected chi connectivity index (χ4v) is 2.23. The second-order valence-electron chi connectivity index (χ2n) is 5.35. The number of carbonyl (C=O) groups is 1. The van der Waals surface area contributed by atoms with Gasteiger partial charge in [0.2, 0.25) is 5.91 Å². The molecular formula is C5H7B17NO. The van der Waals surface area contributed by atoms with Crippen LogP contribution < -0.4 is 5.32 Å². The van der Waals surface area contributed by atoms with Crippen LogP contribution in [0.15, 0.2) is 0 Å². The van der Waals surface area contributed by atoms with E-state index in [2.05, 4.69) is 11.2 Å². The fraction of sp³-hybridized carbons (Fsp3) is 0.400. The smallest absolute Gasteiger partial charge is 0.217 e. The first kappa shape index (κ1) is 26.4.